The van der Waals surface area contributed by atoms with Gasteiger partial charge in [0.2, 0.25) is 5.91 Å². The van der Waals surface area contributed by atoms with E-state index in [1.165, 1.54) is 0 Å². The fourth-order valence-corrected chi connectivity index (χ4v) is 2.04. The van der Waals surface area contributed by atoms with Crippen LogP contribution in [0.25, 0.3) is 0 Å². The molecule has 4 N–H and O–H groups in total. The molecule has 15 heavy (non-hydrogen) atoms. The molecule has 1 saturated carbocycles. The molecule has 0 radical (unpaired) electrons. The van der Waals surface area contributed by atoms with E-state index in [-0.39, 0.29) is 30.4 Å². The van der Waals surface area contributed by atoms with Crippen molar-refractivity contribution in [2.45, 2.75) is 31.3 Å². The SMILES string of the molecule is NC1CCCC1C(=O)N[C@@H]1CONC1=O. The van der Waals surface area contributed by atoms with Crippen LogP contribution >= 0.6 is 0 Å². The second-order valence-corrected chi connectivity index (χ2v) is 4.04. The first-order valence-electron chi connectivity index (χ1n) is 5.16. The molecule has 6 heteroatoms. The lowest BCUT2D eigenvalue weighted by Crippen LogP contribution is -2.47. The third kappa shape index (κ3) is 2.10. The summed E-state index contributed by atoms with van der Waals surface area (Å²) in [6.07, 6.45) is 2.67. The summed E-state index contributed by atoms with van der Waals surface area (Å²) in [6.45, 7) is 0.187. The van der Waals surface area contributed by atoms with Crippen molar-refractivity contribution in [2.75, 3.05) is 6.61 Å². The molecule has 0 aromatic heterocycles. The largest absolute Gasteiger partial charge is 0.342 e. The number of hydrogen-bond donors (Lipinski definition) is 3. The van der Waals surface area contributed by atoms with E-state index in [0.29, 0.717) is 0 Å². The quantitative estimate of drug-likeness (QED) is 0.529. The van der Waals surface area contributed by atoms with Crippen LogP contribution in [-0.2, 0) is 14.4 Å². The molecule has 0 bridgehead atoms. The van der Waals surface area contributed by atoms with Gasteiger partial charge in [-0.25, -0.2) is 5.48 Å². The number of nitrogens with two attached hydrogens (primary N) is 1. The van der Waals surface area contributed by atoms with Crippen molar-refractivity contribution in [1.82, 2.24) is 10.8 Å². The molecule has 2 unspecified atom stereocenters. The van der Waals surface area contributed by atoms with Crippen LogP contribution in [0, 0.1) is 5.92 Å². The molecule has 0 aromatic carbocycles. The van der Waals surface area contributed by atoms with Crippen molar-refractivity contribution in [3.05, 3.63) is 0 Å². The predicted molar refractivity (Wildman–Crippen MR) is 51.3 cm³/mol. The van der Waals surface area contributed by atoms with Crippen molar-refractivity contribution in [3.63, 3.8) is 0 Å². The molecule has 0 spiro atoms. The van der Waals surface area contributed by atoms with Gasteiger partial charge in [-0.2, -0.15) is 0 Å². The van der Waals surface area contributed by atoms with Crippen molar-refractivity contribution in [2.24, 2.45) is 11.7 Å². The van der Waals surface area contributed by atoms with Gasteiger partial charge in [0, 0.05) is 6.04 Å². The third-order valence-electron chi connectivity index (χ3n) is 2.96. The molecule has 1 saturated heterocycles. The number of carbonyl (C=O) groups excluding carboxylic acids is 2. The molecule has 2 fully saturated rings. The smallest absolute Gasteiger partial charge is 0.268 e. The molecule has 1 aliphatic heterocycles. The number of hydrogen-bond acceptors (Lipinski definition) is 4. The predicted octanol–water partition coefficient (Wildman–Crippen LogP) is -1.34. The van der Waals surface area contributed by atoms with Crippen LogP contribution in [0.3, 0.4) is 0 Å². The number of rotatable bonds is 2. The summed E-state index contributed by atoms with van der Waals surface area (Å²) in [5.74, 6) is -0.584. The Morgan fingerprint density at radius 3 is 2.87 bits per heavy atom. The Morgan fingerprint density at radius 1 is 1.53 bits per heavy atom. The van der Waals surface area contributed by atoms with Gasteiger partial charge in [0.15, 0.2) is 0 Å². The Labute approximate surface area is 87.5 Å². The first kappa shape index (κ1) is 10.4. The van der Waals surface area contributed by atoms with E-state index in [1.54, 1.807) is 0 Å². The third-order valence-corrected chi connectivity index (χ3v) is 2.96. The molecular weight excluding hydrogens is 198 g/mol. The maximum atomic E-state index is 11.7. The minimum Gasteiger partial charge on any atom is -0.342 e. The van der Waals surface area contributed by atoms with E-state index in [1.807, 2.05) is 0 Å². The zero-order valence-corrected chi connectivity index (χ0v) is 8.36. The zero-order valence-electron chi connectivity index (χ0n) is 8.36. The fraction of sp³-hybridized carbons (Fsp3) is 0.778. The highest BCUT2D eigenvalue weighted by atomic mass is 16.7. The molecular formula is C9H15N3O3. The topological polar surface area (TPSA) is 93.5 Å². The van der Waals surface area contributed by atoms with Crippen LogP contribution in [0.1, 0.15) is 19.3 Å². The van der Waals surface area contributed by atoms with Crippen molar-refractivity contribution in [1.29, 1.82) is 0 Å². The summed E-state index contributed by atoms with van der Waals surface area (Å²) in [5, 5.41) is 2.64. The van der Waals surface area contributed by atoms with E-state index >= 15 is 0 Å². The lowest BCUT2D eigenvalue weighted by atomic mass is 10.0. The summed E-state index contributed by atoms with van der Waals surface area (Å²) >= 11 is 0. The van der Waals surface area contributed by atoms with Crippen LogP contribution < -0.4 is 16.5 Å². The number of hydroxylamine groups is 1. The fourth-order valence-electron chi connectivity index (χ4n) is 2.04. The normalized spacial score (nSPS) is 35.3. The van der Waals surface area contributed by atoms with Gasteiger partial charge in [-0.15, -0.1) is 0 Å². The highest BCUT2D eigenvalue weighted by molar-refractivity contribution is 5.89. The summed E-state index contributed by atoms with van der Waals surface area (Å²) in [7, 11) is 0. The van der Waals surface area contributed by atoms with Gasteiger partial charge in [-0.1, -0.05) is 6.42 Å². The van der Waals surface area contributed by atoms with Gasteiger partial charge in [0.05, 0.1) is 5.92 Å². The minimum atomic E-state index is -0.565. The minimum absolute atomic E-state index is 0.0737. The second kappa shape index (κ2) is 4.16. The molecule has 84 valence electrons. The standard InChI is InChI=1S/C9H15N3O3/c10-6-3-1-2-5(6)8(13)11-7-4-15-12-9(7)14/h5-7H,1-4,10H2,(H,11,13)(H,12,14)/t5?,6?,7-/m1/s1. The van der Waals surface area contributed by atoms with Crippen LogP contribution in [0.4, 0.5) is 0 Å². The van der Waals surface area contributed by atoms with Crippen LogP contribution in [0.2, 0.25) is 0 Å². The average Bonchev–Trinajstić information content (AvgIpc) is 2.76. The lowest BCUT2D eigenvalue weighted by molar-refractivity contribution is -0.130. The van der Waals surface area contributed by atoms with E-state index in [2.05, 4.69) is 10.8 Å². The van der Waals surface area contributed by atoms with Gasteiger partial charge in [0.1, 0.15) is 12.6 Å². The number of nitrogens with one attached hydrogen (secondary N) is 2. The van der Waals surface area contributed by atoms with Crippen molar-refractivity contribution < 1.29 is 14.4 Å². The van der Waals surface area contributed by atoms with Gasteiger partial charge in [-0.3, -0.25) is 14.4 Å². The Hall–Kier alpha value is -1.14. The average molecular weight is 213 g/mol. The van der Waals surface area contributed by atoms with Gasteiger partial charge >= 0.3 is 0 Å². The molecule has 1 heterocycles. The van der Waals surface area contributed by atoms with Gasteiger partial charge in [0.25, 0.3) is 5.91 Å². The zero-order chi connectivity index (χ0) is 10.8. The Kier molecular flexibility index (Phi) is 2.88. The Balaban J connectivity index is 1.88. The molecule has 3 atom stereocenters. The van der Waals surface area contributed by atoms with Crippen molar-refractivity contribution >= 4 is 11.8 Å². The van der Waals surface area contributed by atoms with Crippen LogP contribution in [0.15, 0.2) is 0 Å². The molecule has 0 aromatic rings. The van der Waals surface area contributed by atoms with E-state index in [0.717, 1.165) is 19.3 Å². The first-order valence-corrected chi connectivity index (χ1v) is 5.16. The summed E-state index contributed by atoms with van der Waals surface area (Å²) in [6, 6.07) is -0.638. The highest BCUT2D eigenvalue weighted by Crippen LogP contribution is 2.24. The molecule has 2 rings (SSSR count). The highest BCUT2D eigenvalue weighted by Gasteiger charge is 2.34. The maximum Gasteiger partial charge on any atom is 0.268 e. The molecule has 1 aliphatic carbocycles. The van der Waals surface area contributed by atoms with Gasteiger partial charge in [-0.05, 0) is 12.8 Å². The summed E-state index contributed by atoms with van der Waals surface area (Å²) in [4.78, 5) is 27.6. The maximum absolute atomic E-state index is 11.7. The molecule has 2 amide bonds. The lowest BCUT2D eigenvalue weighted by Gasteiger charge is -2.16. The van der Waals surface area contributed by atoms with E-state index in [4.69, 9.17) is 10.6 Å². The monoisotopic (exact) mass is 213 g/mol. The summed E-state index contributed by atoms with van der Waals surface area (Å²) in [5.41, 5.74) is 7.99. The number of carbonyl (C=O) groups is 2. The van der Waals surface area contributed by atoms with E-state index in [9.17, 15) is 9.59 Å². The summed E-state index contributed by atoms with van der Waals surface area (Å²) < 4.78 is 0. The van der Waals surface area contributed by atoms with E-state index < -0.39 is 6.04 Å². The van der Waals surface area contributed by atoms with Crippen LogP contribution in [0.5, 0.6) is 0 Å². The Morgan fingerprint density at radius 2 is 2.33 bits per heavy atom. The second-order valence-electron chi connectivity index (χ2n) is 4.04. The Bertz CT molecular complexity index is 282. The first-order chi connectivity index (χ1) is 7.18. The molecule has 2 aliphatic rings. The van der Waals surface area contributed by atoms with Crippen LogP contribution in [-0.4, -0.2) is 30.5 Å². The molecule has 6 nitrogen and oxygen atoms in total. The van der Waals surface area contributed by atoms with Gasteiger partial charge < -0.3 is 11.1 Å². The number of amides is 2. The van der Waals surface area contributed by atoms with Crippen molar-refractivity contribution in [3.8, 4) is 0 Å².